The third kappa shape index (κ3) is 4.13. The first-order valence-electron chi connectivity index (χ1n) is 5.24. The van der Waals surface area contributed by atoms with Gasteiger partial charge in [0.15, 0.2) is 5.82 Å². The second kappa shape index (κ2) is 6.64. The van der Waals surface area contributed by atoms with E-state index in [1.165, 1.54) is 18.7 Å². The van der Waals surface area contributed by atoms with Crippen LogP contribution < -0.4 is 9.64 Å². The summed E-state index contributed by atoms with van der Waals surface area (Å²) >= 11 is 4.10. The van der Waals surface area contributed by atoms with Crippen molar-refractivity contribution in [2.24, 2.45) is 0 Å². The summed E-state index contributed by atoms with van der Waals surface area (Å²) in [5.74, 6) is -0.0524. The highest BCUT2D eigenvalue weighted by Crippen LogP contribution is 2.30. The minimum atomic E-state index is -0.456. The number of carbonyl (C=O) groups is 2. The van der Waals surface area contributed by atoms with Gasteiger partial charge in [0, 0.05) is 19.5 Å². The average molecular weight is 486 g/mol. The normalized spacial score (nSPS) is 9.95. The lowest BCUT2D eigenvalue weighted by atomic mass is 10.3. The van der Waals surface area contributed by atoms with Crippen molar-refractivity contribution >= 4 is 62.9 Å². The number of allylic oxidation sites excluding steroid dienone is 1. The van der Waals surface area contributed by atoms with Crippen LogP contribution in [0.2, 0.25) is 0 Å². The van der Waals surface area contributed by atoms with E-state index in [2.05, 4.69) is 34.2 Å². The van der Waals surface area contributed by atoms with Crippen LogP contribution in [0.5, 0.6) is 5.88 Å². The zero-order valence-corrected chi connectivity index (χ0v) is 15.0. The Morgan fingerprint density at radius 3 is 2.26 bits per heavy atom. The van der Waals surface area contributed by atoms with E-state index < -0.39 is 5.97 Å². The van der Waals surface area contributed by atoms with Gasteiger partial charge in [0.05, 0.1) is 7.14 Å². The molecule has 0 aliphatic heterocycles. The summed E-state index contributed by atoms with van der Waals surface area (Å²) < 4.78 is 6.50. The minimum absolute atomic E-state index is 0.191. The van der Waals surface area contributed by atoms with E-state index in [1.807, 2.05) is 22.6 Å². The van der Waals surface area contributed by atoms with Gasteiger partial charge in [-0.05, 0) is 58.2 Å². The van der Waals surface area contributed by atoms with Crippen LogP contribution in [0.25, 0.3) is 0 Å². The maximum Gasteiger partial charge on any atom is 0.309 e. The molecule has 0 bridgehead atoms. The molecule has 5 nitrogen and oxygen atoms in total. The van der Waals surface area contributed by atoms with Crippen molar-refractivity contribution in [2.45, 2.75) is 20.8 Å². The number of hydrogen-bond acceptors (Lipinski definition) is 4. The molecule has 102 valence electrons. The largest absolute Gasteiger partial charge is 0.406 e. The summed E-state index contributed by atoms with van der Waals surface area (Å²) in [5.41, 5.74) is 0.549. The third-order valence-electron chi connectivity index (χ3n) is 2.03. The van der Waals surface area contributed by atoms with Crippen molar-refractivity contribution in [3.05, 3.63) is 25.5 Å². The molecule has 1 aromatic heterocycles. The maximum absolute atomic E-state index is 11.7. The van der Waals surface area contributed by atoms with Gasteiger partial charge in [-0.25, -0.2) is 0 Å². The lowest BCUT2D eigenvalue weighted by molar-refractivity contribution is -0.132. The first kappa shape index (κ1) is 16.3. The molecule has 1 heterocycles. The number of ether oxygens (including phenoxy) is 1. The quantitative estimate of drug-likeness (QED) is 0.487. The number of anilines is 1. The molecule has 0 N–H and O–H groups in total. The van der Waals surface area contributed by atoms with Crippen molar-refractivity contribution in [3.8, 4) is 5.88 Å². The smallest absolute Gasteiger partial charge is 0.309 e. The maximum atomic E-state index is 11.7. The van der Waals surface area contributed by atoms with Crippen LogP contribution in [0, 0.1) is 7.14 Å². The van der Waals surface area contributed by atoms with Crippen LogP contribution in [0.1, 0.15) is 20.8 Å². The van der Waals surface area contributed by atoms with Gasteiger partial charge in [0.2, 0.25) is 11.8 Å². The standard InChI is InChI=1S/C12H12I2N2O3/c1-6(2)16(7(3)17)11-9(13)5-10(14)12(15-11)19-8(4)18/h5H,1H2,2-4H3. The Balaban J connectivity index is 3.38. The van der Waals surface area contributed by atoms with E-state index in [4.69, 9.17) is 4.74 Å². The summed E-state index contributed by atoms with van der Waals surface area (Å²) in [7, 11) is 0. The number of hydrogen-bond donors (Lipinski definition) is 0. The molecule has 0 saturated heterocycles. The number of aromatic nitrogens is 1. The molecule has 1 rings (SSSR count). The summed E-state index contributed by atoms with van der Waals surface area (Å²) in [6, 6.07) is 1.79. The van der Waals surface area contributed by atoms with Crippen molar-refractivity contribution in [1.82, 2.24) is 4.98 Å². The van der Waals surface area contributed by atoms with Crippen molar-refractivity contribution in [3.63, 3.8) is 0 Å². The number of nitrogens with zero attached hydrogens (tertiary/aromatic N) is 2. The number of carbonyl (C=O) groups excluding carboxylic acids is 2. The van der Waals surface area contributed by atoms with Crippen molar-refractivity contribution in [2.75, 3.05) is 4.90 Å². The molecule has 0 fully saturated rings. The zero-order valence-electron chi connectivity index (χ0n) is 10.7. The summed E-state index contributed by atoms with van der Waals surface area (Å²) in [5, 5.41) is 0. The Labute approximate surface area is 138 Å². The Hall–Kier alpha value is -0.710. The van der Waals surface area contributed by atoms with E-state index in [0.717, 1.165) is 3.57 Å². The fourth-order valence-electron chi connectivity index (χ4n) is 1.40. The van der Waals surface area contributed by atoms with E-state index >= 15 is 0 Å². The Morgan fingerprint density at radius 1 is 1.26 bits per heavy atom. The SMILES string of the molecule is C=C(C)N(C(C)=O)c1nc(OC(C)=O)c(I)cc1I. The second-order valence-corrected chi connectivity index (χ2v) is 6.09. The molecular formula is C12H12I2N2O3. The third-order valence-corrected chi connectivity index (χ3v) is 3.59. The summed E-state index contributed by atoms with van der Waals surface area (Å²) in [6.07, 6.45) is 0. The van der Waals surface area contributed by atoms with E-state index in [1.54, 1.807) is 13.0 Å². The molecular weight excluding hydrogens is 474 g/mol. The Morgan fingerprint density at radius 2 is 1.84 bits per heavy atom. The van der Waals surface area contributed by atoms with Gasteiger partial charge in [-0.1, -0.05) is 6.58 Å². The highest BCUT2D eigenvalue weighted by molar-refractivity contribution is 14.1. The van der Waals surface area contributed by atoms with E-state index in [9.17, 15) is 9.59 Å². The minimum Gasteiger partial charge on any atom is -0.406 e. The van der Waals surface area contributed by atoms with Gasteiger partial charge < -0.3 is 4.74 Å². The van der Waals surface area contributed by atoms with Gasteiger partial charge in [-0.15, -0.1) is 0 Å². The molecule has 0 unspecified atom stereocenters. The lowest BCUT2D eigenvalue weighted by Gasteiger charge is -2.21. The molecule has 0 aromatic carbocycles. The predicted molar refractivity (Wildman–Crippen MR) is 89.0 cm³/mol. The molecule has 0 spiro atoms. The number of amides is 1. The fourth-order valence-corrected chi connectivity index (χ4v) is 3.21. The van der Waals surface area contributed by atoms with Gasteiger partial charge >= 0.3 is 5.97 Å². The van der Waals surface area contributed by atoms with Gasteiger partial charge in [0.25, 0.3) is 0 Å². The average Bonchev–Trinajstić information content (AvgIpc) is 2.23. The number of halogens is 2. The number of pyridine rings is 1. The molecule has 0 atom stereocenters. The molecule has 7 heteroatoms. The predicted octanol–water partition coefficient (Wildman–Crippen LogP) is 3.10. The van der Waals surface area contributed by atoms with E-state index in [0.29, 0.717) is 15.1 Å². The molecule has 0 saturated carbocycles. The molecule has 1 aromatic rings. The molecule has 1 amide bonds. The fraction of sp³-hybridized carbons (Fsp3) is 0.250. The first-order chi connectivity index (χ1) is 8.73. The van der Waals surface area contributed by atoms with Crippen LogP contribution in [0.3, 0.4) is 0 Å². The highest BCUT2D eigenvalue weighted by atomic mass is 127. The number of rotatable bonds is 3. The van der Waals surface area contributed by atoms with Crippen LogP contribution in [0.4, 0.5) is 5.82 Å². The van der Waals surface area contributed by atoms with E-state index in [-0.39, 0.29) is 11.8 Å². The van der Waals surface area contributed by atoms with Crippen LogP contribution >= 0.6 is 45.2 Å². The van der Waals surface area contributed by atoms with Crippen LogP contribution in [0.15, 0.2) is 18.3 Å². The van der Waals surface area contributed by atoms with Gasteiger partial charge in [-0.3, -0.25) is 14.5 Å². The molecule has 0 radical (unpaired) electrons. The summed E-state index contributed by atoms with van der Waals surface area (Å²) in [4.78, 5) is 28.3. The zero-order chi connectivity index (χ0) is 14.7. The van der Waals surface area contributed by atoms with Crippen molar-refractivity contribution < 1.29 is 14.3 Å². The second-order valence-electron chi connectivity index (χ2n) is 3.76. The topological polar surface area (TPSA) is 59.5 Å². The molecule has 0 aliphatic rings. The van der Waals surface area contributed by atoms with Gasteiger partial charge in [0.1, 0.15) is 0 Å². The Bertz CT molecular complexity index is 544. The Kier molecular flexibility index (Phi) is 5.71. The van der Waals surface area contributed by atoms with Gasteiger partial charge in [-0.2, -0.15) is 4.98 Å². The molecule has 19 heavy (non-hydrogen) atoms. The number of esters is 1. The summed E-state index contributed by atoms with van der Waals surface area (Å²) in [6.45, 7) is 8.20. The van der Waals surface area contributed by atoms with Crippen LogP contribution in [-0.2, 0) is 9.59 Å². The highest BCUT2D eigenvalue weighted by Gasteiger charge is 2.20. The van der Waals surface area contributed by atoms with Crippen molar-refractivity contribution in [1.29, 1.82) is 0 Å². The molecule has 0 aliphatic carbocycles. The van der Waals surface area contributed by atoms with Crippen LogP contribution in [-0.4, -0.2) is 16.9 Å². The monoisotopic (exact) mass is 486 g/mol. The first-order valence-corrected chi connectivity index (χ1v) is 7.40. The lowest BCUT2D eigenvalue weighted by Crippen LogP contribution is -2.28.